The quantitative estimate of drug-likeness (QED) is 0.295. The van der Waals surface area contributed by atoms with E-state index in [1.807, 2.05) is 0 Å². The van der Waals surface area contributed by atoms with E-state index < -0.39 is 0 Å². The first kappa shape index (κ1) is 34.9. The molecular weight excluding hydrogens is 637 g/mol. The minimum atomic E-state index is 0.689. The molecule has 0 saturated heterocycles. The number of hydrogen-bond donors (Lipinski definition) is 0. The van der Waals surface area contributed by atoms with Crippen molar-refractivity contribution in [3.05, 3.63) is 105 Å². The summed E-state index contributed by atoms with van der Waals surface area (Å²) in [5.41, 5.74) is 9.71. The summed E-state index contributed by atoms with van der Waals surface area (Å²) in [6.07, 6.45) is 32.2. The van der Waals surface area contributed by atoms with Gasteiger partial charge in [-0.05, 0) is 121 Å². The molecule has 0 spiro atoms. The molecule has 48 heavy (non-hydrogen) atoms. The minimum absolute atomic E-state index is 0.689. The van der Waals surface area contributed by atoms with Crippen LogP contribution in [-0.4, -0.2) is 5.08 Å². The van der Waals surface area contributed by atoms with Crippen molar-refractivity contribution in [3.63, 3.8) is 0 Å². The fourth-order valence-electron chi connectivity index (χ4n) is 9.81. The van der Waals surface area contributed by atoms with Crippen LogP contribution in [0.3, 0.4) is 0 Å². The van der Waals surface area contributed by atoms with Gasteiger partial charge in [0.2, 0.25) is 0 Å². The molecule has 0 atom stereocenters. The highest BCUT2D eigenvalue weighted by molar-refractivity contribution is 8.24. The standard InChI is InChI=1S/C45H58S3/c1-32-29-42(44-38(34-17-7-3-8-18-34)25-15-26-39(44)35-19-9-4-10-20-35)46-31-47-43(30-33(2)48-32)45-40(36-21-11-5-12-22-36)27-16-28-41(45)37-23-13-6-14-24-37/h15-16,25-30,34-37H,1-14,17-24,31H2/b42-29-,43-30-. The van der Waals surface area contributed by atoms with Crippen LogP contribution >= 0.6 is 35.3 Å². The summed E-state index contributed by atoms with van der Waals surface area (Å²) in [6.45, 7) is 9.31. The van der Waals surface area contributed by atoms with Gasteiger partial charge in [0.05, 0.1) is 0 Å². The smallest absolute Gasteiger partial charge is 0.0487 e. The monoisotopic (exact) mass is 694 g/mol. The summed E-state index contributed by atoms with van der Waals surface area (Å²) in [5.74, 6) is 2.75. The molecule has 0 amide bonds. The number of thioether (sulfide) groups is 3. The van der Waals surface area contributed by atoms with Crippen molar-refractivity contribution in [1.29, 1.82) is 0 Å². The molecule has 1 heterocycles. The van der Waals surface area contributed by atoms with E-state index in [0.29, 0.717) is 23.7 Å². The van der Waals surface area contributed by atoms with Gasteiger partial charge in [-0.15, -0.1) is 23.5 Å². The molecule has 4 aliphatic carbocycles. The lowest BCUT2D eigenvalue weighted by molar-refractivity contribution is 0.434. The highest BCUT2D eigenvalue weighted by Crippen LogP contribution is 2.51. The Morgan fingerprint density at radius 2 is 0.708 bits per heavy atom. The van der Waals surface area contributed by atoms with E-state index in [1.165, 1.54) is 138 Å². The molecule has 1 aliphatic heterocycles. The number of benzene rings is 2. The SMILES string of the molecule is C=C1/C=C(/c2c(C3CCCCC3)cccc2C2CCCCC2)SCS/C(c2c(C3CCCCC3)cccc2C2CCCCC2)=C\C(=C)S1. The van der Waals surface area contributed by atoms with Crippen molar-refractivity contribution in [3.8, 4) is 0 Å². The van der Waals surface area contributed by atoms with E-state index in [2.05, 4.69) is 85.2 Å². The van der Waals surface area contributed by atoms with Crippen LogP contribution < -0.4 is 0 Å². The molecule has 0 N–H and O–H groups in total. The van der Waals surface area contributed by atoms with Crippen molar-refractivity contribution in [2.75, 3.05) is 5.08 Å². The number of hydrogen-bond acceptors (Lipinski definition) is 3. The molecule has 3 heteroatoms. The third-order valence-corrected chi connectivity index (χ3v) is 15.2. The average molecular weight is 695 g/mol. The minimum Gasteiger partial charge on any atom is -0.114 e. The molecule has 2 aromatic rings. The van der Waals surface area contributed by atoms with Gasteiger partial charge in [0.15, 0.2) is 0 Å². The molecule has 0 unspecified atom stereocenters. The molecular formula is C45H58S3. The molecule has 256 valence electrons. The van der Waals surface area contributed by atoms with Gasteiger partial charge in [0.25, 0.3) is 0 Å². The van der Waals surface area contributed by atoms with Crippen LogP contribution in [-0.2, 0) is 0 Å². The van der Waals surface area contributed by atoms with Crippen LogP contribution in [0.25, 0.3) is 9.81 Å². The lowest BCUT2D eigenvalue weighted by atomic mass is 9.76. The molecule has 0 nitrogen and oxygen atoms in total. The maximum absolute atomic E-state index is 4.65. The predicted octanol–water partition coefficient (Wildman–Crippen LogP) is 15.5. The van der Waals surface area contributed by atoms with E-state index >= 15 is 0 Å². The third kappa shape index (κ3) is 8.32. The maximum atomic E-state index is 4.65. The van der Waals surface area contributed by atoms with Crippen LogP contribution in [0, 0.1) is 0 Å². The Labute approximate surface area is 305 Å². The number of allylic oxidation sites excluding steroid dienone is 2. The van der Waals surface area contributed by atoms with Crippen molar-refractivity contribution in [2.24, 2.45) is 0 Å². The second-order valence-electron chi connectivity index (χ2n) is 15.4. The molecule has 0 aromatic heterocycles. The normalized spacial score (nSPS) is 25.7. The van der Waals surface area contributed by atoms with Gasteiger partial charge in [-0.1, -0.05) is 138 Å². The molecule has 7 rings (SSSR count). The number of rotatable bonds is 6. The summed E-state index contributed by atoms with van der Waals surface area (Å²) < 4.78 is 0. The van der Waals surface area contributed by atoms with Gasteiger partial charge < -0.3 is 0 Å². The second-order valence-corrected chi connectivity index (χ2v) is 19.1. The Balaban J connectivity index is 1.26. The Bertz CT molecular complexity index is 1300. The third-order valence-electron chi connectivity index (χ3n) is 12.2. The van der Waals surface area contributed by atoms with Crippen LogP contribution in [0.4, 0.5) is 0 Å². The van der Waals surface area contributed by atoms with Crippen LogP contribution in [0.1, 0.15) is 185 Å². The summed E-state index contributed by atoms with van der Waals surface area (Å²) in [5, 5.41) is 1.02. The first-order chi connectivity index (χ1) is 23.7. The largest absolute Gasteiger partial charge is 0.114 e. The van der Waals surface area contributed by atoms with Gasteiger partial charge in [0, 0.05) is 24.7 Å². The topological polar surface area (TPSA) is 0 Å². The highest BCUT2D eigenvalue weighted by Gasteiger charge is 2.29. The van der Waals surface area contributed by atoms with E-state index in [4.69, 9.17) is 0 Å². The molecule has 4 saturated carbocycles. The van der Waals surface area contributed by atoms with Gasteiger partial charge in [0.1, 0.15) is 0 Å². The van der Waals surface area contributed by atoms with Crippen LogP contribution in [0.5, 0.6) is 0 Å². The molecule has 5 aliphatic rings. The predicted molar refractivity (Wildman–Crippen MR) is 218 cm³/mol. The lowest BCUT2D eigenvalue weighted by Gasteiger charge is -2.31. The highest BCUT2D eigenvalue weighted by atomic mass is 32.2. The summed E-state index contributed by atoms with van der Waals surface area (Å²) in [7, 11) is 0. The van der Waals surface area contributed by atoms with Crippen molar-refractivity contribution >= 4 is 45.1 Å². The Morgan fingerprint density at radius 3 is 1.00 bits per heavy atom. The molecule has 0 radical (unpaired) electrons. The second kappa shape index (κ2) is 17.1. The summed E-state index contributed by atoms with van der Waals surface area (Å²) in [6, 6.07) is 14.8. The summed E-state index contributed by atoms with van der Waals surface area (Å²) >= 11 is 5.98. The van der Waals surface area contributed by atoms with Gasteiger partial charge >= 0.3 is 0 Å². The summed E-state index contributed by atoms with van der Waals surface area (Å²) in [4.78, 5) is 5.19. The van der Waals surface area contributed by atoms with Crippen molar-refractivity contribution in [2.45, 2.75) is 152 Å². The van der Waals surface area contributed by atoms with Crippen molar-refractivity contribution in [1.82, 2.24) is 0 Å². The molecule has 2 aromatic carbocycles. The average Bonchev–Trinajstić information content (AvgIpc) is 3.14. The van der Waals surface area contributed by atoms with Crippen LogP contribution in [0.2, 0.25) is 0 Å². The first-order valence-corrected chi connectivity index (χ1v) is 22.5. The first-order valence-electron chi connectivity index (χ1n) is 19.7. The molecule has 0 bridgehead atoms. The van der Waals surface area contributed by atoms with Gasteiger partial charge in [-0.2, -0.15) is 0 Å². The van der Waals surface area contributed by atoms with Crippen LogP contribution in [0.15, 0.2) is 71.5 Å². The van der Waals surface area contributed by atoms with Crippen molar-refractivity contribution < 1.29 is 0 Å². The Morgan fingerprint density at radius 1 is 0.417 bits per heavy atom. The lowest BCUT2D eigenvalue weighted by Crippen LogP contribution is -2.13. The maximum Gasteiger partial charge on any atom is 0.0487 e. The zero-order chi connectivity index (χ0) is 32.7. The fraction of sp³-hybridized carbons (Fsp3) is 0.556. The zero-order valence-electron chi connectivity index (χ0n) is 29.4. The van der Waals surface area contributed by atoms with E-state index in [-0.39, 0.29) is 0 Å². The fourth-order valence-corrected chi connectivity index (χ4v) is 13.1. The van der Waals surface area contributed by atoms with E-state index in [0.717, 1.165) is 14.9 Å². The molecule has 4 fully saturated rings. The Hall–Kier alpha value is -1.55. The van der Waals surface area contributed by atoms with Gasteiger partial charge in [-0.25, -0.2) is 0 Å². The zero-order valence-corrected chi connectivity index (χ0v) is 31.9. The van der Waals surface area contributed by atoms with E-state index in [1.54, 1.807) is 45.1 Å². The Kier molecular flexibility index (Phi) is 12.4. The van der Waals surface area contributed by atoms with Gasteiger partial charge in [-0.3, -0.25) is 0 Å². The van der Waals surface area contributed by atoms with E-state index in [9.17, 15) is 0 Å².